The molecular weight excluding hydrogens is 320 g/mol. The van der Waals surface area contributed by atoms with Crippen molar-refractivity contribution in [3.8, 4) is 11.5 Å². The Kier molecular flexibility index (Phi) is 4.45. The fourth-order valence-corrected chi connectivity index (χ4v) is 2.29. The van der Waals surface area contributed by atoms with Crippen molar-refractivity contribution in [2.45, 2.75) is 19.8 Å². The van der Waals surface area contributed by atoms with E-state index in [9.17, 15) is 9.90 Å². The van der Waals surface area contributed by atoms with Crippen molar-refractivity contribution in [1.29, 1.82) is 0 Å². The van der Waals surface area contributed by atoms with Crippen LogP contribution in [0.15, 0.2) is 46.9 Å². The molecule has 0 aliphatic rings. The lowest BCUT2D eigenvalue weighted by Crippen LogP contribution is -2.01. The molecule has 20 heavy (non-hydrogen) atoms. The second-order valence-corrected chi connectivity index (χ2v) is 5.66. The van der Waals surface area contributed by atoms with Crippen molar-refractivity contribution in [1.82, 2.24) is 0 Å². The summed E-state index contributed by atoms with van der Waals surface area (Å²) in [6.07, 6.45) is 0. The van der Waals surface area contributed by atoms with E-state index < -0.39 is 5.97 Å². The van der Waals surface area contributed by atoms with E-state index in [1.165, 1.54) is 6.07 Å². The zero-order valence-corrected chi connectivity index (χ0v) is 12.8. The van der Waals surface area contributed by atoms with Crippen LogP contribution in [0.2, 0.25) is 0 Å². The first-order chi connectivity index (χ1) is 9.49. The Labute approximate surface area is 126 Å². The molecule has 0 spiro atoms. The van der Waals surface area contributed by atoms with Crippen molar-refractivity contribution in [3.05, 3.63) is 58.1 Å². The number of ether oxygens (including phenoxy) is 1. The zero-order chi connectivity index (χ0) is 14.7. The van der Waals surface area contributed by atoms with Gasteiger partial charge in [0.15, 0.2) is 0 Å². The number of rotatable bonds is 4. The maximum absolute atomic E-state index is 11.2. The van der Waals surface area contributed by atoms with Gasteiger partial charge in [-0.1, -0.05) is 41.9 Å². The molecule has 104 valence electrons. The van der Waals surface area contributed by atoms with Gasteiger partial charge in [0.25, 0.3) is 0 Å². The molecular formula is C16H15BrO3. The predicted octanol–water partition coefficient (Wildman–Crippen LogP) is 5.06. The van der Waals surface area contributed by atoms with Gasteiger partial charge in [0.2, 0.25) is 0 Å². The van der Waals surface area contributed by atoms with Gasteiger partial charge < -0.3 is 9.84 Å². The van der Waals surface area contributed by atoms with Crippen molar-refractivity contribution in [2.24, 2.45) is 0 Å². The summed E-state index contributed by atoms with van der Waals surface area (Å²) in [5, 5.41) is 9.18. The highest BCUT2D eigenvalue weighted by Gasteiger charge is 2.14. The Morgan fingerprint density at radius 2 is 1.85 bits per heavy atom. The standard InChI is InChI=1S/C16H15BrO3/c1-10(2)13-9-11(17)7-8-15(13)20-14-6-4-3-5-12(14)16(18)19/h3-10H,1-2H3,(H,18,19). The summed E-state index contributed by atoms with van der Waals surface area (Å²) in [5.74, 6) is 0.310. The summed E-state index contributed by atoms with van der Waals surface area (Å²) >= 11 is 3.44. The second kappa shape index (κ2) is 6.09. The van der Waals surface area contributed by atoms with E-state index in [4.69, 9.17) is 4.74 Å². The third-order valence-electron chi connectivity index (χ3n) is 2.93. The van der Waals surface area contributed by atoms with E-state index in [1.807, 2.05) is 18.2 Å². The largest absolute Gasteiger partial charge is 0.478 e. The predicted molar refractivity (Wildman–Crippen MR) is 81.7 cm³/mol. The summed E-state index contributed by atoms with van der Waals surface area (Å²) in [5.41, 5.74) is 1.18. The number of benzene rings is 2. The highest BCUT2D eigenvalue weighted by molar-refractivity contribution is 9.10. The van der Waals surface area contributed by atoms with Gasteiger partial charge in [-0.15, -0.1) is 0 Å². The van der Waals surface area contributed by atoms with Gasteiger partial charge in [0.1, 0.15) is 17.1 Å². The van der Waals surface area contributed by atoms with E-state index in [1.54, 1.807) is 18.2 Å². The SMILES string of the molecule is CC(C)c1cc(Br)ccc1Oc1ccccc1C(=O)O. The molecule has 1 N–H and O–H groups in total. The summed E-state index contributed by atoms with van der Waals surface area (Å²) in [6.45, 7) is 4.13. The minimum atomic E-state index is -0.996. The van der Waals surface area contributed by atoms with E-state index in [2.05, 4.69) is 29.8 Å². The first-order valence-corrected chi connectivity index (χ1v) is 7.08. The Hall–Kier alpha value is -1.81. The van der Waals surface area contributed by atoms with Crippen molar-refractivity contribution in [2.75, 3.05) is 0 Å². The van der Waals surface area contributed by atoms with Gasteiger partial charge in [-0.2, -0.15) is 0 Å². The van der Waals surface area contributed by atoms with Crippen LogP contribution >= 0.6 is 15.9 Å². The van der Waals surface area contributed by atoms with Crippen LogP contribution in [0, 0.1) is 0 Å². The van der Waals surface area contributed by atoms with E-state index in [-0.39, 0.29) is 11.5 Å². The molecule has 4 heteroatoms. The number of hydrogen-bond acceptors (Lipinski definition) is 2. The molecule has 0 amide bonds. The molecule has 0 saturated carbocycles. The van der Waals surface area contributed by atoms with E-state index >= 15 is 0 Å². The lowest BCUT2D eigenvalue weighted by atomic mass is 10.0. The Morgan fingerprint density at radius 3 is 2.50 bits per heavy atom. The van der Waals surface area contributed by atoms with Crippen LogP contribution < -0.4 is 4.74 Å². The van der Waals surface area contributed by atoms with Crippen LogP contribution in [-0.4, -0.2) is 11.1 Å². The number of aromatic carboxylic acids is 1. The number of carbonyl (C=O) groups is 1. The molecule has 0 atom stereocenters. The van der Waals surface area contributed by atoms with Gasteiger partial charge >= 0.3 is 5.97 Å². The van der Waals surface area contributed by atoms with E-state index in [0.29, 0.717) is 11.5 Å². The van der Waals surface area contributed by atoms with E-state index in [0.717, 1.165) is 10.0 Å². The third kappa shape index (κ3) is 3.20. The fourth-order valence-electron chi connectivity index (χ4n) is 1.91. The van der Waals surface area contributed by atoms with Gasteiger partial charge in [-0.05, 0) is 41.8 Å². The highest BCUT2D eigenvalue weighted by atomic mass is 79.9. The lowest BCUT2D eigenvalue weighted by Gasteiger charge is -2.15. The van der Waals surface area contributed by atoms with Crippen LogP contribution in [0.5, 0.6) is 11.5 Å². The molecule has 0 fully saturated rings. The molecule has 0 bridgehead atoms. The van der Waals surface area contributed by atoms with Gasteiger partial charge in [-0.3, -0.25) is 0 Å². The zero-order valence-electron chi connectivity index (χ0n) is 11.3. The maximum Gasteiger partial charge on any atom is 0.339 e. The smallest absolute Gasteiger partial charge is 0.339 e. The molecule has 2 rings (SSSR count). The topological polar surface area (TPSA) is 46.5 Å². The van der Waals surface area contributed by atoms with Crippen LogP contribution in [0.4, 0.5) is 0 Å². The number of hydrogen-bond donors (Lipinski definition) is 1. The summed E-state index contributed by atoms with van der Waals surface area (Å²) < 4.78 is 6.79. The first kappa shape index (κ1) is 14.6. The Morgan fingerprint density at radius 1 is 1.15 bits per heavy atom. The molecule has 0 aliphatic carbocycles. The summed E-state index contributed by atoms with van der Waals surface area (Å²) in [7, 11) is 0. The highest BCUT2D eigenvalue weighted by Crippen LogP contribution is 2.34. The lowest BCUT2D eigenvalue weighted by molar-refractivity contribution is 0.0694. The third-order valence-corrected chi connectivity index (χ3v) is 3.42. The van der Waals surface area contributed by atoms with Crippen LogP contribution in [0.3, 0.4) is 0 Å². The number of para-hydroxylation sites is 1. The van der Waals surface area contributed by atoms with Crippen LogP contribution in [-0.2, 0) is 0 Å². The Balaban J connectivity index is 2.43. The summed E-state index contributed by atoms with van der Waals surface area (Å²) in [4.78, 5) is 11.2. The minimum Gasteiger partial charge on any atom is -0.478 e. The molecule has 0 radical (unpaired) electrons. The fraction of sp³-hybridized carbons (Fsp3) is 0.188. The molecule has 3 nitrogen and oxygen atoms in total. The van der Waals surface area contributed by atoms with Crippen LogP contribution in [0.25, 0.3) is 0 Å². The van der Waals surface area contributed by atoms with Crippen LogP contribution in [0.1, 0.15) is 35.7 Å². The average molecular weight is 335 g/mol. The summed E-state index contributed by atoms with van der Waals surface area (Å²) in [6, 6.07) is 12.4. The van der Waals surface area contributed by atoms with Gasteiger partial charge in [0, 0.05) is 4.47 Å². The molecule has 0 heterocycles. The molecule has 2 aromatic rings. The quantitative estimate of drug-likeness (QED) is 0.849. The number of halogens is 1. The second-order valence-electron chi connectivity index (χ2n) is 4.74. The number of carboxylic acid groups (broad SMARTS) is 1. The van der Waals surface area contributed by atoms with Crippen molar-refractivity contribution >= 4 is 21.9 Å². The number of carboxylic acids is 1. The normalized spacial score (nSPS) is 10.6. The van der Waals surface area contributed by atoms with Crippen molar-refractivity contribution in [3.63, 3.8) is 0 Å². The molecule has 2 aromatic carbocycles. The molecule has 0 aromatic heterocycles. The van der Waals surface area contributed by atoms with Gasteiger partial charge in [0.05, 0.1) is 0 Å². The molecule has 0 aliphatic heterocycles. The average Bonchev–Trinajstić information content (AvgIpc) is 2.41. The monoisotopic (exact) mass is 334 g/mol. The Bertz CT molecular complexity index is 635. The van der Waals surface area contributed by atoms with Crippen molar-refractivity contribution < 1.29 is 14.6 Å². The van der Waals surface area contributed by atoms with Gasteiger partial charge in [-0.25, -0.2) is 4.79 Å². The minimum absolute atomic E-state index is 0.158. The first-order valence-electron chi connectivity index (χ1n) is 6.28. The molecule has 0 saturated heterocycles. The maximum atomic E-state index is 11.2. The molecule has 0 unspecified atom stereocenters.